The summed E-state index contributed by atoms with van der Waals surface area (Å²) in [7, 11) is -4.52. The van der Waals surface area contributed by atoms with Gasteiger partial charge in [0.1, 0.15) is 12.2 Å². The fourth-order valence-electron chi connectivity index (χ4n) is 5.21. The number of carbonyl (C=O) groups is 1. The van der Waals surface area contributed by atoms with Crippen molar-refractivity contribution in [3.05, 3.63) is 36.5 Å². The number of carbonyl (C=O) groups excluding carboxylic acids is 1. The Balaban J connectivity index is 4.24. The van der Waals surface area contributed by atoms with Gasteiger partial charge in [-0.25, -0.2) is 4.57 Å². The van der Waals surface area contributed by atoms with E-state index in [1.54, 1.807) is 0 Å². The normalized spacial score (nSPS) is 14.6. The summed E-state index contributed by atoms with van der Waals surface area (Å²) in [6, 6.07) is 0. The van der Waals surface area contributed by atoms with E-state index in [1.807, 2.05) is 0 Å². The molecule has 0 rings (SSSR count). The van der Waals surface area contributed by atoms with Crippen molar-refractivity contribution >= 4 is 13.8 Å². The Bertz CT molecular complexity index is 877. The van der Waals surface area contributed by atoms with Crippen LogP contribution in [0.5, 0.6) is 0 Å². The number of hydrogen-bond acceptors (Lipinski definition) is 8. The highest BCUT2D eigenvalue weighted by atomic mass is 31.2. The molecule has 0 saturated carbocycles. The third-order valence-corrected chi connectivity index (χ3v) is 9.23. The SMILES string of the molecule is CCC/C=C\C/C=C\CCCCCCCCOCC(COP(=O)(O)OCC(O)CO)OC(=O)CCCCCCC/C=C\CCCCCCCC. The number of aliphatic hydroxyl groups excluding tert-OH is 2. The summed E-state index contributed by atoms with van der Waals surface area (Å²) in [4.78, 5) is 22.5. The Labute approximate surface area is 305 Å². The first-order chi connectivity index (χ1) is 24.3. The molecule has 0 radical (unpaired) electrons. The first-order valence-electron chi connectivity index (χ1n) is 20.0. The molecule has 3 N–H and O–H groups in total. The second-order valence-corrected chi connectivity index (χ2v) is 14.7. The van der Waals surface area contributed by atoms with Crippen molar-refractivity contribution < 1.29 is 43.0 Å². The molecule has 0 aliphatic rings. The van der Waals surface area contributed by atoms with E-state index in [9.17, 15) is 19.4 Å². The van der Waals surface area contributed by atoms with E-state index in [0.717, 1.165) is 70.6 Å². The number of rotatable bonds is 38. The highest BCUT2D eigenvalue weighted by Gasteiger charge is 2.26. The topological polar surface area (TPSA) is 132 Å². The monoisotopic (exact) mass is 731 g/mol. The standard InChI is InChI=1S/C40H75O9P/c1-3-5-7-9-11-13-15-17-19-20-22-24-26-28-30-32-40(43)49-39(37-48-50(44,45)47-35-38(42)34-41)36-46-33-31-29-27-25-23-21-18-16-14-12-10-8-6-4-2/h8,10,14,16-17,19,38-39,41-42H,3-7,9,11-13,15,18,20-37H2,1-2H3,(H,44,45)/b10-8-,16-14-,19-17-. The van der Waals surface area contributed by atoms with Crippen LogP contribution < -0.4 is 0 Å². The molecular formula is C40H75O9P. The molecule has 3 unspecified atom stereocenters. The number of phosphoric ester groups is 1. The van der Waals surface area contributed by atoms with Crippen LogP contribution in [0.3, 0.4) is 0 Å². The summed E-state index contributed by atoms with van der Waals surface area (Å²) in [5.74, 6) is -0.396. The summed E-state index contributed by atoms with van der Waals surface area (Å²) in [6.07, 6.45) is 38.1. The maximum Gasteiger partial charge on any atom is 0.472 e. The quantitative estimate of drug-likeness (QED) is 0.0246. The third-order valence-electron chi connectivity index (χ3n) is 8.28. The molecule has 0 saturated heterocycles. The van der Waals surface area contributed by atoms with Crippen molar-refractivity contribution in [3.8, 4) is 0 Å². The summed E-state index contributed by atoms with van der Waals surface area (Å²) in [6.45, 7) is 3.41. The molecular weight excluding hydrogens is 655 g/mol. The van der Waals surface area contributed by atoms with Gasteiger partial charge in [0.15, 0.2) is 0 Å². The van der Waals surface area contributed by atoms with Gasteiger partial charge in [-0.3, -0.25) is 13.8 Å². The van der Waals surface area contributed by atoms with Crippen molar-refractivity contribution in [2.24, 2.45) is 0 Å². The minimum absolute atomic E-state index is 0.0390. The maximum absolute atomic E-state index is 12.6. The fraction of sp³-hybridized carbons (Fsp3) is 0.825. The highest BCUT2D eigenvalue weighted by Crippen LogP contribution is 2.43. The van der Waals surface area contributed by atoms with Crippen LogP contribution in [0, 0.1) is 0 Å². The average Bonchev–Trinajstić information content (AvgIpc) is 3.10. The van der Waals surface area contributed by atoms with E-state index in [4.69, 9.17) is 23.6 Å². The van der Waals surface area contributed by atoms with E-state index in [0.29, 0.717) is 13.0 Å². The van der Waals surface area contributed by atoms with Crippen LogP contribution in [0.2, 0.25) is 0 Å². The zero-order valence-electron chi connectivity index (χ0n) is 31.9. The highest BCUT2D eigenvalue weighted by molar-refractivity contribution is 7.47. The Morgan fingerprint density at radius 2 is 1.12 bits per heavy atom. The Morgan fingerprint density at radius 1 is 0.620 bits per heavy atom. The molecule has 0 aromatic heterocycles. The number of hydrogen-bond donors (Lipinski definition) is 3. The molecule has 0 fully saturated rings. The van der Waals surface area contributed by atoms with Crippen LogP contribution in [0.25, 0.3) is 0 Å². The molecule has 9 nitrogen and oxygen atoms in total. The average molecular weight is 731 g/mol. The van der Waals surface area contributed by atoms with Crippen LogP contribution in [-0.4, -0.2) is 66.3 Å². The molecule has 50 heavy (non-hydrogen) atoms. The predicted molar refractivity (Wildman–Crippen MR) is 205 cm³/mol. The third kappa shape index (κ3) is 36.5. The lowest BCUT2D eigenvalue weighted by Crippen LogP contribution is -2.29. The number of esters is 1. The summed E-state index contributed by atoms with van der Waals surface area (Å²) in [5, 5.41) is 18.3. The Morgan fingerprint density at radius 3 is 1.70 bits per heavy atom. The number of ether oxygens (including phenoxy) is 2. The minimum atomic E-state index is -4.52. The molecule has 0 amide bonds. The molecule has 0 aromatic carbocycles. The van der Waals surface area contributed by atoms with E-state index < -0.39 is 39.2 Å². The summed E-state index contributed by atoms with van der Waals surface area (Å²) < 4.78 is 33.3. The van der Waals surface area contributed by atoms with Gasteiger partial charge in [0.2, 0.25) is 0 Å². The lowest BCUT2D eigenvalue weighted by molar-refractivity contribution is -0.154. The van der Waals surface area contributed by atoms with Crippen molar-refractivity contribution in [2.75, 3.05) is 33.0 Å². The van der Waals surface area contributed by atoms with Gasteiger partial charge >= 0.3 is 13.8 Å². The summed E-state index contributed by atoms with van der Waals surface area (Å²) in [5.41, 5.74) is 0. The molecule has 0 heterocycles. The zero-order valence-corrected chi connectivity index (χ0v) is 32.8. The molecule has 0 aromatic rings. The number of unbranched alkanes of at least 4 members (excludes halogenated alkanes) is 18. The molecule has 3 atom stereocenters. The smallest absolute Gasteiger partial charge is 0.457 e. The minimum Gasteiger partial charge on any atom is -0.457 e. The van der Waals surface area contributed by atoms with Crippen LogP contribution in [0.1, 0.15) is 168 Å². The number of phosphoric acid groups is 1. The van der Waals surface area contributed by atoms with Crippen LogP contribution >= 0.6 is 7.82 Å². The van der Waals surface area contributed by atoms with Crippen LogP contribution in [-0.2, 0) is 27.9 Å². The van der Waals surface area contributed by atoms with E-state index in [1.165, 1.54) is 70.6 Å². The molecule has 0 spiro atoms. The van der Waals surface area contributed by atoms with Gasteiger partial charge in [0.05, 0.1) is 26.4 Å². The van der Waals surface area contributed by atoms with Crippen molar-refractivity contribution in [2.45, 2.75) is 180 Å². The molecule has 294 valence electrons. The van der Waals surface area contributed by atoms with Gasteiger partial charge in [-0.15, -0.1) is 0 Å². The number of aliphatic hydroxyl groups is 2. The Kier molecular flexibility index (Phi) is 36.4. The maximum atomic E-state index is 12.6. The molecule has 0 aliphatic carbocycles. The van der Waals surface area contributed by atoms with Gasteiger partial charge in [0, 0.05) is 13.0 Å². The van der Waals surface area contributed by atoms with Gasteiger partial charge in [0.25, 0.3) is 0 Å². The lowest BCUT2D eigenvalue weighted by atomic mass is 10.1. The second kappa shape index (κ2) is 37.4. The van der Waals surface area contributed by atoms with E-state index in [2.05, 4.69) is 50.3 Å². The van der Waals surface area contributed by atoms with Crippen molar-refractivity contribution in [1.29, 1.82) is 0 Å². The van der Waals surface area contributed by atoms with E-state index >= 15 is 0 Å². The van der Waals surface area contributed by atoms with E-state index in [-0.39, 0.29) is 19.6 Å². The molecule has 0 aliphatic heterocycles. The largest absolute Gasteiger partial charge is 0.472 e. The number of allylic oxidation sites excluding steroid dienone is 6. The van der Waals surface area contributed by atoms with Gasteiger partial charge in [-0.05, 0) is 64.2 Å². The lowest BCUT2D eigenvalue weighted by Gasteiger charge is -2.20. The predicted octanol–water partition coefficient (Wildman–Crippen LogP) is 10.5. The van der Waals surface area contributed by atoms with Gasteiger partial charge in [-0.1, -0.05) is 134 Å². The Hall–Kier alpha value is -1.32. The first-order valence-corrected chi connectivity index (χ1v) is 21.5. The molecule has 10 heteroatoms. The van der Waals surface area contributed by atoms with Crippen LogP contribution in [0.4, 0.5) is 0 Å². The second-order valence-electron chi connectivity index (χ2n) is 13.3. The first kappa shape index (κ1) is 48.7. The van der Waals surface area contributed by atoms with Gasteiger partial charge < -0.3 is 24.6 Å². The van der Waals surface area contributed by atoms with Crippen LogP contribution in [0.15, 0.2) is 36.5 Å². The van der Waals surface area contributed by atoms with Gasteiger partial charge in [-0.2, -0.15) is 0 Å². The van der Waals surface area contributed by atoms with Crippen molar-refractivity contribution in [3.63, 3.8) is 0 Å². The fourth-order valence-corrected chi connectivity index (χ4v) is 6.00. The summed E-state index contributed by atoms with van der Waals surface area (Å²) >= 11 is 0. The van der Waals surface area contributed by atoms with Crippen molar-refractivity contribution in [1.82, 2.24) is 0 Å². The zero-order chi connectivity index (χ0) is 36.8. The molecule has 0 bridgehead atoms.